The fourth-order valence-electron chi connectivity index (χ4n) is 2.62. The van der Waals surface area contributed by atoms with Crippen molar-refractivity contribution in [1.82, 2.24) is 0 Å². The molecule has 0 heterocycles. The number of carboxylic acids is 2. The Kier molecular flexibility index (Phi) is 23.3. The summed E-state index contributed by atoms with van der Waals surface area (Å²) in [6.07, 6.45) is 19.0. The van der Waals surface area contributed by atoms with Gasteiger partial charge in [-0.25, -0.2) is 4.79 Å². The molecule has 0 saturated carbocycles. The van der Waals surface area contributed by atoms with E-state index in [1.165, 1.54) is 83.5 Å². The molecule has 5 heteroatoms. The first-order chi connectivity index (χ1) is 13.0. The minimum absolute atomic E-state index is 0.222. The van der Waals surface area contributed by atoms with Crippen LogP contribution in [0, 0.1) is 0 Å². The zero-order valence-corrected chi connectivity index (χ0v) is 18.0. The van der Waals surface area contributed by atoms with Crippen molar-refractivity contribution in [3.8, 4) is 0 Å². The Hall–Kier alpha value is -1.39. The van der Waals surface area contributed by atoms with Gasteiger partial charge in [-0.2, -0.15) is 0 Å². The van der Waals surface area contributed by atoms with Gasteiger partial charge < -0.3 is 10.2 Å². The minimum atomic E-state index is -0.898. The summed E-state index contributed by atoms with van der Waals surface area (Å²) >= 11 is 0. The molecule has 0 aromatic heterocycles. The van der Waals surface area contributed by atoms with Crippen molar-refractivity contribution in [3.05, 3.63) is 0 Å². The van der Waals surface area contributed by atoms with E-state index >= 15 is 0 Å². The normalized spacial score (nSPS) is 11.0. The van der Waals surface area contributed by atoms with Gasteiger partial charge in [0.25, 0.3) is 0 Å². The topological polar surface area (TPSA) is 87.0 Å². The van der Waals surface area contributed by atoms with E-state index in [-0.39, 0.29) is 12.1 Å². The van der Waals surface area contributed by atoms with Crippen LogP contribution in [-0.4, -0.2) is 34.4 Å². The van der Waals surface area contributed by atoms with Gasteiger partial charge in [0, 0.05) is 13.0 Å². The average molecular weight is 386 g/mol. The lowest BCUT2D eigenvalue weighted by Crippen LogP contribution is -2.08. The highest BCUT2D eigenvalue weighted by molar-refractivity contribution is 6.34. The highest BCUT2D eigenvalue weighted by Gasteiger charge is 1.99. The first-order valence-electron chi connectivity index (χ1n) is 10.9. The van der Waals surface area contributed by atoms with Gasteiger partial charge in [0.1, 0.15) is 5.71 Å². The Balaban J connectivity index is 0. The van der Waals surface area contributed by atoms with Gasteiger partial charge in [-0.3, -0.25) is 9.79 Å². The van der Waals surface area contributed by atoms with Crippen LogP contribution in [0.1, 0.15) is 117 Å². The third kappa shape index (κ3) is 26.9. The predicted octanol–water partition coefficient (Wildman–Crippen LogP) is 6.49. The van der Waals surface area contributed by atoms with Crippen molar-refractivity contribution in [2.75, 3.05) is 6.54 Å². The highest BCUT2D eigenvalue weighted by Crippen LogP contribution is 2.12. The Labute approximate surface area is 166 Å². The number of aliphatic carboxylic acids is 2. The van der Waals surface area contributed by atoms with Gasteiger partial charge >= 0.3 is 11.9 Å². The van der Waals surface area contributed by atoms with E-state index in [0.29, 0.717) is 6.54 Å². The first-order valence-corrected chi connectivity index (χ1v) is 10.9. The second-order valence-electron chi connectivity index (χ2n) is 7.12. The molecule has 0 atom stereocenters. The van der Waals surface area contributed by atoms with Crippen molar-refractivity contribution >= 4 is 17.7 Å². The van der Waals surface area contributed by atoms with Gasteiger partial charge in [-0.15, -0.1) is 0 Å². The number of rotatable bonds is 17. The molecular formula is C22H43NO4. The number of hydrogen-bond donors (Lipinski definition) is 2. The molecule has 0 aliphatic heterocycles. The van der Waals surface area contributed by atoms with Crippen LogP contribution >= 0.6 is 0 Å². The summed E-state index contributed by atoms with van der Waals surface area (Å²) in [5.41, 5.74) is 0.231. The van der Waals surface area contributed by atoms with Crippen molar-refractivity contribution < 1.29 is 19.8 Å². The molecule has 0 saturated heterocycles. The molecule has 2 N–H and O–H groups in total. The second-order valence-corrected chi connectivity index (χ2v) is 7.12. The van der Waals surface area contributed by atoms with Gasteiger partial charge in [0.2, 0.25) is 0 Å². The van der Waals surface area contributed by atoms with E-state index in [0.717, 1.165) is 6.42 Å². The maximum Gasteiger partial charge on any atom is 0.349 e. The molecule has 5 nitrogen and oxygen atoms in total. The monoisotopic (exact) mass is 385 g/mol. The maximum atomic E-state index is 10.5. The SMILES string of the molecule is CCC(=O)O.CCCCCCCCCCCCCCCCN=C(C)C(=O)O. The number of nitrogens with zero attached hydrogens (tertiary/aromatic N) is 1. The van der Waals surface area contributed by atoms with Gasteiger partial charge in [0.05, 0.1) is 0 Å². The molecule has 0 rings (SSSR count). The highest BCUT2D eigenvalue weighted by atomic mass is 16.4. The minimum Gasteiger partial charge on any atom is -0.481 e. The molecule has 0 aliphatic carbocycles. The zero-order valence-electron chi connectivity index (χ0n) is 18.0. The molecule has 0 aliphatic rings. The van der Waals surface area contributed by atoms with E-state index in [2.05, 4.69) is 11.9 Å². The first kappa shape index (κ1) is 27.8. The van der Waals surface area contributed by atoms with Crippen molar-refractivity contribution in [3.63, 3.8) is 0 Å². The zero-order chi connectivity index (χ0) is 20.8. The fraction of sp³-hybridized carbons (Fsp3) is 0.864. The third-order valence-corrected chi connectivity index (χ3v) is 4.47. The summed E-state index contributed by atoms with van der Waals surface area (Å²) in [6.45, 7) is 6.09. The van der Waals surface area contributed by atoms with Crippen LogP contribution in [0.2, 0.25) is 0 Å². The fourth-order valence-corrected chi connectivity index (χ4v) is 2.62. The van der Waals surface area contributed by atoms with Crippen LogP contribution in [0.5, 0.6) is 0 Å². The number of carbonyl (C=O) groups is 2. The maximum absolute atomic E-state index is 10.5. The average Bonchev–Trinajstić information content (AvgIpc) is 2.65. The van der Waals surface area contributed by atoms with E-state index in [1.807, 2.05) is 0 Å². The number of aliphatic imine (C=N–C) groups is 1. The molecule has 27 heavy (non-hydrogen) atoms. The van der Waals surface area contributed by atoms with E-state index < -0.39 is 11.9 Å². The molecule has 160 valence electrons. The summed E-state index contributed by atoms with van der Waals surface area (Å²) in [5, 5.41) is 16.4. The van der Waals surface area contributed by atoms with Gasteiger partial charge in [-0.05, 0) is 13.3 Å². The molecule has 0 radical (unpaired) electrons. The number of unbranched alkanes of at least 4 members (excludes halogenated alkanes) is 13. The Morgan fingerprint density at radius 1 is 0.667 bits per heavy atom. The standard InChI is InChI=1S/C19H37NO2.C3H6O2/c1-3-4-5-6-7-8-9-10-11-12-13-14-15-16-17-20-18(2)19(21)22;1-2-3(4)5/h3-17H2,1-2H3,(H,21,22);2H2,1H3,(H,4,5). The smallest absolute Gasteiger partial charge is 0.349 e. The quantitative estimate of drug-likeness (QED) is 0.221. The lowest BCUT2D eigenvalue weighted by atomic mass is 10.0. The Bertz CT molecular complexity index is 381. The van der Waals surface area contributed by atoms with Gasteiger partial charge in [0.15, 0.2) is 0 Å². The summed E-state index contributed by atoms with van der Waals surface area (Å²) in [6, 6.07) is 0. The van der Waals surface area contributed by atoms with E-state index in [9.17, 15) is 9.59 Å². The van der Waals surface area contributed by atoms with Gasteiger partial charge in [-0.1, -0.05) is 97.3 Å². The summed E-state index contributed by atoms with van der Waals surface area (Å²) < 4.78 is 0. The summed E-state index contributed by atoms with van der Waals surface area (Å²) in [7, 11) is 0. The molecular weight excluding hydrogens is 342 g/mol. The number of carboxylic acid groups (broad SMARTS) is 2. The third-order valence-electron chi connectivity index (χ3n) is 4.47. The van der Waals surface area contributed by atoms with Crippen LogP contribution in [0.4, 0.5) is 0 Å². The predicted molar refractivity (Wildman–Crippen MR) is 114 cm³/mol. The van der Waals surface area contributed by atoms with E-state index in [4.69, 9.17) is 10.2 Å². The van der Waals surface area contributed by atoms with Crippen molar-refractivity contribution in [2.24, 2.45) is 4.99 Å². The van der Waals surface area contributed by atoms with Crippen molar-refractivity contribution in [2.45, 2.75) is 117 Å². The molecule has 0 aromatic rings. The lowest BCUT2D eigenvalue weighted by Gasteiger charge is -2.03. The molecule has 0 spiro atoms. The Morgan fingerprint density at radius 2 is 1.00 bits per heavy atom. The summed E-state index contributed by atoms with van der Waals surface area (Å²) in [4.78, 5) is 24.0. The molecule has 0 amide bonds. The van der Waals surface area contributed by atoms with Crippen LogP contribution in [0.25, 0.3) is 0 Å². The van der Waals surface area contributed by atoms with Crippen LogP contribution < -0.4 is 0 Å². The molecule has 0 unspecified atom stereocenters. The second kappa shape index (κ2) is 22.7. The van der Waals surface area contributed by atoms with Crippen LogP contribution in [0.15, 0.2) is 4.99 Å². The molecule has 0 bridgehead atoms. The summed E-state index contributed by atoms with van der Waals surface area (Å²) in [5.74, 6) is -1.64. The molecule has 0 aromatic carbocycles. The largest absolute Gasteiger partial charge is 0.481 e. The van der Waals surface area contributed by atoms with Crippen LogP contribution in [-0.2, 0) is 9.59 Å². The molecule has 0 fully saturated rings. The Morgan fingerprint density at radius 3 is 1.30 bits per heavy atom. The number of hydrogen-bond acceptors (Lipinski definition) is 3. The lowest BCUT2D eigenvalue weighted by molar-refractivity contribution is -0.136. The van der Waals surface area contributed by atoms with Crippen LogP contribution in [0.3, 0.4) is 0 Å². The van der Waals surface area contributed by atoms with Crippen molar-refractivity contribution in [1.29, 1.82) is 0 Å². The van der Waals surface area contributed by atoms with E-state index in [1.54, 1.807) is 13.8 Å².